The molecule has 0 atom stereocenters. The zero-order valence-electron chi connectivity index (χ0n) is 10.3. The number of amides is 1. The molecule has 1 heterocycles. The predicted octanol–water partition coefficient (Wildman–Crippen LogP) is 1.14. The van der Waals surface area contributed by atoms with Crippen LogP contribution in [-0.4, -0.2) is 41.7 Å². The van der Waals surface area contributed by atoms with E-state index in [2.05, 4.69) is 5.32 Å². The monoisotopic (exact) mass is 252 g/mol. The van der Waals surface area contributed by atoms with Crippen LogP contribution in [0.4, 0.5) is 10.1 Å². The number of nitrogens with zero attached hydrogens (tertiary/aromatic N) is 1. The molecule has 98 valence electrons. The van der Waals surface area contributed by atoms with Crippen molar-refractivity contribution in [3.05, 3.63) is 29.6 Å². The number of hydrogen-bond acceptors (Lipinski definition) is 3. The highest BCUT2D eigenvalue weighted by Crippen LogP contribution is 2.14. The predicted molar refractivity (Wildman–Crippen MR) is 66.8 cm³/mol. The maximum Gasteiger partial charge on any atom is 0.225 e. The molecule has 0 aromatic heterocycles. The van der Waals surface area contributed by atoms with Crippen LogP contribution in [-0.2, 0) is 4.79 Å². The third-order valence-corrected chi connectivity index (χ3v) is 3.05. The van der Waals surface area contributed by atoms with Crippen molar-refractivity contribution in [2.45, 2.75) is 19.4 Å². The summed E-state index contributed by atoms with van der Waals surface area (Å²) in [5.74, 6) is -0.460. The van der Waals surface area contributed by atoms with E-state index in [-0.39, 0.29) is 17.8 Å². The van der Waals surface area contributed by atoms with Gasteiger partial charge in [-0.25, -0.2) is 4.39 Å². The van der Waals surface area contributed by atoms with Crippen LogP contribution in [0.25, 0.3) is 0 Å². The number of aliphatic hydroxyl groups excluding tert-OH is 1. The van der Waals surface area contributed by atoms with E-state index in [1.54, 1.807) is 19.1 Å². The van der Waals surface area contributed by atoms with Gasteiger partial charge in [0.15, 0.2) is 0 Å². The number of halogens is 1. The summed E-state index contributed by atoms with van der Waals surface area (Å²) in [6.07, 6.45) is 0.0987. The summed E-state index contributed by atoms with van der Waals surface area (Å²) in [7, 11) is 0. The number of β-amino-alcohol motifs (C(OH)–C–C–N with tert-alkyl or cyclic N) is 1. The van der Waals surface area contributed by atoms with E-state index < -0.39 is 0 Å². The normalized spacial score (nSPS) is 16.4. The summed E-state index contributed by atoms with van der Waals surface area (Å²) in [4.78, 5) is 13.6. The van der Waals surface area contributed by atoms with Gasteiger partial charge in [-0.3, -0.25) is 9.69 Å². The zero-order valence-corrected chi connectivity index (χ0v) is 10.3. The minimum atomic E-state index is -0.321. The van der Waals surface area contributed by atoms with E-state index in [4.69, 9.17) is 5.11 Å². The molecule has 0 spiro atoms. The molecule has 0 radical (unpaired) electrons. The van der Waals surface area contributed by atoms with E-state index in [0.717, 1.165) is 0 Å². The minimum absolute atomic E-state index is 0.139. The highest BCUT2D eigenvalue weighted by atomic mass is 19.1. The Kier molecular flexibility index (Phi) is 3.93. The van der Waals surface area contributed by atoms with Crippen LogP contribution < -0.4 is 5.32 Å². The molecular weight excluding hydrogens is 235 g/mol. The third kappa shape index (κ3) is 3.27. The Morgan fingerprint density at radius 1 is 1.56 bits per heavy atom. The summed E-state index contributed by atoms with van der Waals surface area (Å²) < 4.78 is 13.3. The maximum absolute atomic E-state index is 13.3. The average molecular weight is 252 g/mol. The molecule has 1 aliphatic heterocycles. The fraction of sp³-hybridized carbons (Fsp3) is 0.462. The first kappa shape index (κ1) is 13.0. The standard InChI is InChI=1S/C13H17FN2O2/c1-9-2-3-10(6-12(9)14)15-13(18)4-5-16-7-11(17)8-16/h2-3,6,11,17H,4-5,7-8H2,1H3,(H,15,18). The number of rotatable bonds is 4. The highest BCUT2D eigenvalue weighted by Gasteiger charge is 2.24. The van der Waals surface area contributed by atoms with Crippen LogP contribution in [0.1, 0.15) is 12.0 Å². The van der Waals surface area contributed by atoms with Crippen molar-refractivity contribution >= 4 is 11.6 Å². The van der Waals surface area contributed by atoms with Gasteiger partial charge in [0.25, 0.3) is 0 Å². The van der Waals surface area contributed by atoms with Crippen LogP contribution in [0.5, 0.6) is 0 Å². The molecule has 4 nitrogen and oxygen atoms in total. The average Bonchev–Trinajstić information content (AvgIpc) is 2.28. The van der Waals surface area contributed by atoms with Crippen LogP contribution in [0.15, 0.2) is 18.2 Å². The molecule has 0 saturated carbocycles. The van der Waals surface area contributed by atoms with Gasteiger partial charge in [0, 0.05) is 31.7 Å². The summed E-state index contributed by atoms with van der Waals surface area (Å²) in [5, 5.41) is 11.7. The van der Waals surface area contributed by atoms with Crippen molar-refractivity contribution in [2.24, 2.45) is 0 Å². The number of carbonyl (C=O) groups is 1. The Morgan fingerprint density at radius 2 is 2.28 bits per heavy atom. The Bertz CT molecular complexity index is 445. The molecule has 18 heavy (non-hydrogen) atoms. The molecule has 1 aromatic carbocycles. The lowest BCUT2D eigenvalue weighted by Crippen LogP contribution is -2.51. The number of hydrogen-bond donors (Lipinski definition) is 2. The van der Waals surface area contributed by atoms with Crippen molar-refractivity contribution in [2.75, 3.05) is 25.0 Å². The van der Waals surface area contributed by atoms with Crippen LogP contribution >= 0.6 is 0 Å². The van der Waals surface area contributed by atoms with Gasteiger partial charge in [-0.1, -0.05) is 6.07 Å². The number of anilines is 1. The van der Waals surface area contributed by atoms with E-state index >= 15 is 0 Å². The number of carbonyl (C=O) groups excluding carboxylic acids is 1. The Balaban J connectivity index is 1.78. The second kappa shape index (κ2) is 5.46. The van der Waals surface area contributed by atoms with E-state index in [0.29, 0.717) is 37.3 Å². The molecular formula is C13H17FN2O2. The summed E-state index contributed by atoms with van der Waals surface area (Å²) in [6, 6.07) is 4.64. The van der Waals surface area contributed by atoms with Gasteiger partial charge in [0.05, 0.1) is 6.10 Å². The Morgan fingerprint density at radius 3 is 2.89 bits per heavy atom. The SMILES string of the molecule is Cc1ccc(NC(=O)CCN2CC(O)C2)cc1F. The zero-order chi connectivity index (χ0) is 13.1. The molecule has 2 N–H and O–H groups in total. The molecule has 1 aromatic rings. The fourth-order valence-electron chi connectivity index (χ4n) is 1.88. The van der Waals surface area contributed by atoms with Gasteiger partial charge in [0.2, 0.25) is 5.91 Å². The summed E-state index contributed by atoms with van der Waals surface area (Å²) in [5.41, 5.74) is 1.04. The number of aryl methyl sites for hydroxylation is 1. The van der Waals surface area contributed by atoms with Gasteiger partial charge in [0.1, 0.15) is 5.82 Å². The quantitative estimate of drug-likeness (QED) is 0.845. The van der Waals surface area contributed by atoms with Crippen molar-refractivity contribution < 1.29 is 14.3 Å². The highest BCUT2D eigenvalue weighted by molar-refractivity contribution is 5.90. The molecule has 1 amide bonds. The first-order valence-electron chi connectivity index (χ1n) is 6.01. The van der Waals surface area contributed by atoms with Gasteiger partial charge in [-0.2, -0.15) is 0 Å². The van der Waals surface area contributed by atoms with Gasteiger partial charge in [-0.05, 0) is 24.6 Å². The first-order chi connectivity index (χ1) is 8.54. The van der Waals surface area contributed by atoms with Crippen molar-refractivity contribution in [3.63, 3.8) is 0 Å². The number of benzene rings is 1. The largest absolute Gasteiger partial charge is 0.390 e. The van der Waals surface area contributed by atoms with Crippen LogP contribution in [0, 0.1) is 12.7 Å². The lowest BCUT2D eigenvalue weighted by atomic mass is 10.1. The van der Waals surface area contributed by atoms with Gasteiger partial charge >= 0.3 is 0 Å². The lowest BCUT2D eigenvalue weighted by molar-refractivity contribution is -0.117. The van der Waals surface area contributed by atoms with Crippen molar-refractivity contribution in [3.8, 4) is 0 Å². The van der Waals surface area contributed by atoms with Crippen molar-refractivity contribution in [1.82, 2.24) is 4.90 Å². The van der Waals surface area contributed by atoms with Crippen molar-refractivity contribution in [1.29, 1.82) is 0 Å². The number of nitrogens with one attached hydrogen (secondary N) is 1. The van der Waals surface area contributed by atoms with E-state index in [1.165, 1.54) is 6.07 Å². The number of aliphatic hydroxyl groups is 1. The third-order valence-electron chi connectivity index (χ3n) is 3.05. The smallest absolute Gasteiger partial charge is 0.225 e. The summed E-state index contributed by atoms with van der Waals surface area (Å²) >= 11 is 0. The molecule has 1 saturated heterocycles. The fourth-order valence-corrected chi connectivity index (χ4v) is 1.88. The minimum Gasteiger partial charge on any atom is -0.390 e. The molecule has 2 rings (SSSR count). The van der Waals surface area contributed by atoms with E-state index in [9.17, 15) is 9.18 Å². The molecule has 1 aliphatic rings. The molecule has 0 unspecified atom stereocenters. The van der Waals surface area contributed by atoms with E-state index in [1.807, 2.05) is 4.90 Å². The molecule has 0 bridgehead atoms. The van der Waals surface area contributed by atoms with Gasteiger partial charge < -0.3 is 10.4 Å². The van der Waals surface area contributed by atoms with Crippen LogP contribution in [0.3, 0.4) is 0 Å². The maximum atomic E-state index is 13.3. The number of likely N-dealkylation sites (tertiary alicyclic amines) is 1. The lowest BCUT2D eigenvalue weighted by Gasteiger charge is -2.35. The summed E-state index contributed by atoms with van der Waals surface area (Å²) in [6.45, 7) is 3.56. The Labute approximate surface area is 105 Å². The van der Waals surface area contributed by atoms with Gasteiger partial charge in [-0.15, -0.1) is 0 Å². The molecule has 5 heteroatoms. The second-order valence-corrected chi connectivity index (χ2v) is 4.68. The Hall–Kier alpha value is -1.46. The molecule has 1 fully saturated rings. The first-order valence-corrected chi connectivity index (χ1v) is 6.01. The molecule has 0 aliphatic carbocycles. The second-order valence-electron chi connectivity index (χ2n) is 4.68. The van der Waals surface area contributed by atoms with Crippen LogP contribution in [0.2, 0.25) is 0 Å². The topological polar surface area (TPSA) is 52.6 Å².